The second-order valence-corrected chi connectivity index (χ2v) is 7.64. The lowest BCUT2D eigenvalue weighted by atomic mass is 9.95. The molecule has 1 saturated carbocycles. The van der Waals surface area contributed by atoms with Gasteiger partial charge in [-0.15, -0.1) is 0 Å². The Hall–Kier alpha value is -2.96. The number of rotatable bonds is 6. The number of hydrogen-bond acceptors (Lipinski definition) is 2. The number of fused-ring (bicyclic) bond motifs is 1. The van der Waals surface area contributed by atoms with Crippen molar-refractivity contribution in [3.8, 4) is 5.75 Å². The van der Waals surface area contributed by atoms with E-state index < -0.39 is 12.4 Å². The van der Waals surface area contributed by atoms with Crippen LogP contribution in [0.25, 0.3) is 10.9 Å². The van der Waals surface area contributed by atoms with Gasteiger partial charge in [-0.05, 0) is 42.7 Å². The summed E-state index contributed by atoms with van der Waals surface area (Å²) in [5, 5.41) is 3.35. The summed E-state index contributed by atoms with van der Waals surface area (Å²) in [5.74, 6) is -0.637. The minimum Gasteiger partial charge on any atom is -0.435 e. The number of nitrogens with zero attached hydrogens (tertiary/aromatic N) is 1. The highest BCUT2D eigenvalue weighted by Gasteiger charge is 2.22. The van der Waals surface area contributed by atoms with Gasteiger partial charge >= 0.3 is 6.61 Å². The fourth-order valence-corrected chi connectivity index (χ4v) is 4.09. The molecular weight excluding hydrogens is 393 g/mol. The number of amides is 1. The largest absolute Gasteiger partial charge is 0.435 e. The molecule has 1 fully saturated rings. The van der Waals surface area contributed by atoms with Crippen LogP contribution < -0.4 is 10.1 Å². The van der Waals surface area contributed by atoms with Crippen LogP contribution >= 0.6 is 0 Å². The average molecular weight is 416 g/mol. The lowest BCUT2D eigenvalue weighted by Crippen LogP contribution is -2.36. The van der Waals surface area contributed by atoms with E-state index in [1.807, 2.05) is 0 Å². The molecule has 1 aliphatic carbocycles. The quantitative estimate of drug-likeness (QED) is 0.577. The minimum absolute atomic E-state index is 0.0738. The van der Waals surface area contributed by atoms with E-state index in [4.69, 9.17) is 0 Å². The molecule has 0 saturated heterocycles. The van der Waals surface area contributed by atoms with Gasteiger partial charge in [0, 0.05) is 24.2 Å². The molecule has 0 unspecified atom stereocenters. The molecule has 0 radical (unpaired) electrons. The van der Waals surface area contributed by atoms with Crippen LogP contribution in [0.1, 0.15) is 48.0 Å². The van der Waals surface area contributed by atoms with Crippen molar-refractivity contribution in [2.24, 2.45) is 0 Å². The van der Waals surface area contributed by atoms with Crippen LogP contribution in [0.5, 0.6) is 5.75 Å². The smallest absolute Gasteiger partial charge is 0.387 e. The highest BCUT2D eigenvalue weighted by molar-refractivity contribution is 6.07. The Morgan fingerprint density at radius 3 is 2.53 bits per heavy atom. The summed E-state index contributed by atoms with van der Waals surface area (Å²) in [6.45, 7) is -2.51. The van der Waals surface area contributed by atoms with E-state index in [9.17, 15) is 18.0 Å². The summed E-state index contributed by atoms with van der Waals surface area (Å²) in [7, 11) is 0. The van der Waals surface area contributed by atoms with Gasteiger partial charge in [-0.1, -0.05) is 37.5 Å². The second kappa shape index (κ2) is 8.81. The van der Waals surface area contributed by atoms with Gasteiger partial charge < -0.3 is 14.6 Å². The average Bonchev–Trinajstić information content (AvgIpc) is 3.10. The SMILES string of the molecule is O=C(NC1CCCCC1)c1cn(Cc2ccc(OC(F)F)cc2)c2cccc(F)c12. The molecule has 7 heteroatoms. The van der Waals surface area contributed by atoms with Gasteiger partial charge in [-0.25, -0.2) is 4.39 Å². The van der Waals surface area contributed by atoms with E-state index in [-0.39, 0.29) is 17.7 Å². The molecule has 1 aliphatic rings. The number of nitrogens with one attached hydrogen (secondary N) is 1. The highest BCUT2D eigenvalue weighted by atomic mass is 19.3. The molecule has 30 heavy (non-hydrogen) atoms. The van der Waals surface area contributed by atoms with Gasteiger partial charge in [-0.3, -0.25) is 4.79 Å². The maximum Gasteiger partial charge on any atom is 0.387 e. The molecule has 4 rings (SSSR count). The fourth-order valence-electron chi connectivity index (χ4n) is 4.09. The van der Waals surface area contributed by atoms with Crippen LogP contribution in [0.3, 0.4) is 0 Å². The normalized spacial score (nSPS) is 14.9. The zero-order chi connectivity index (χ0) is 21.1. The molecule has 1 N–H and O–H groups in total. The van der Waals surface area contributed by atoms with E-state index in [0.29, 0.717) is 23.0 Å². The molecule has 3 aromatic rings. The third-order valence-corrected chi connectivity index (χ3v) is 5.54. The van der Waals surface area contributed by atoms with Crippen LogP contribution in [-0.4, -0.2) is 23.1 Å². The number of benzene rings is 2. The van der Waals surface area contributed by atoms with Crippen molar-refractivity contribution in [2.45, 2.75) is 51.3 Å². The minimum atomic E-state index is -2.88. The van der Waals surface area contributed by atoms with Crippen LogP contribution in [0.2, 0.25) is 0 Å². The van der Waals surface area contributed by atoms with E-state index in [2.05, 4.69) is 10.1 Å². The predicted octanol–water partition coefficient (Wildman–Crippen LogP) is 5.49. The van der Waals surface area contributed by atoms with Crippen molar-refractivity contribution in [1.29, 1.82) is 0 Å². The van der Waals surface area contributed by atoms with Crippen molar-refractivity contribution in [1.82, 2.24) is 9.88 Å². The Bertz CT molecular complexity index is 1020. The van der Waals surface area contributed by atoms with E-state index in [1.165, 1.54) is 24.6 Å². The van der Waals surface area contributed by atoms with E-state index >= 15 is 0 Å². The van der Waals surface area contributed by atoms with Crippen LogP contribution in [0, 0.1) is 5.82 Å². The number of hydrogen-bond donors (Lipinski definition) is 1. The Morgan fingerprint density at radius 2 is 1.83 bits per heavy atom. The van der Waals surface area contributed by atoms with Gasteiger partial charge in [0.1, 0.15) is 11.6 Å². The summed E-state index contributed by atoms with van der Waals surface area (Å²) in [6, 6.07) is 11.1. The highest BCUT2D eigenvalue weighted by Crippen LogP contribution is 2.27. The zero-order valence-corrected chi connectivity index (χ0v) is 16.4. The lowest BCUT2D eigenvalue weighted by Gasteiger charge is -2.22. The Kier molecular flexibility index (Phi) is 5.97. The van der Waals surface area contributed by atoms with Crippen molar-refractivity contribution >= 4 is 16.8 Å². The molecule has 0 aliphatic heterocycles. The Balaban J connectivity index is 1.61. The number of halogens is 3. The number of carbonyl (C=O) groups is 1. The van der Waals surface area contributed by atoms with Crippen molar-refractivity contribution in [3.63, 3.8) is 0 Å². The maximum atomic E-state index is 14.6. The van der Waals surface area contributed by atoms with Gasteiger partial charge in [0.25, 0.3) is 5.91 Å². The summed E-state index contributed by atoms with van der Waals surface area (Å²) >= 11 is 0. The summed E-state index contributed by atoms with van der Waals surface area (Å²) < 4.78 is 45.5. The summed E-state index contributed by atoms with van der Waals surface area (Å²) in [6.07, 6.45) is 6.91. The Labute approximate surface area is 172 Å². The molecule has 158 valence electrons. The Morgan fingerprint density at radius 1 is 1.10 bits per heavy atom. The monoisotopic (exact) mass is 416 g/mol. The first-order chi connectivity index (χ1) is 14.5. The third kappa shape index (κ3) is 4.45. The molecule has 1 amide bonds. The molecule has 0 bridgehead atoms. The maximum absolute atomic E-state index is 14.6. The first kappa shape index (κ1) is 20.3. The number of carbonyl (C=O) groups excluding carboxylic acids is 1. The number of aromatic nitrogens is 1. The first-order valence-corrected chi connectivity index (χ1v) is 10.1. The summed E-state index contributed by atoms with van der Waals surface area (Å²) in [5.41, 5.74) is 1.74. The number of alkyl halides is 2. The van der Waals surface area contributed by atoms with Crippen molar-refractivity contribution in [2.75, 3.05) is 0 Å². The van der Waals surface area contributed by atoms with E-state index in [1.54, 1.807) is 35.0 Å². The molecule has 1 heterocycles. The van der Waals surface area contributed by atoms with Crippen LogP contribution in [0.15, 0.2) is 48.7 Å². The first-order valence-electron chi connectivity index (χ1n) is 10.1. The van der Waals surface area contributed by atoms with Gasteiger partial charge in [0.15, 0.2) is 0 Å². The predicted molar refractivity (Wildman–Crippen MR) is 108 cm³/mol. The second-order valence-electron chi connectivity index (χ2n) is 7.64. The van der Waals surface area contributed by atoms with Gasteiger partial charge in [0.2, 0.25) is 0 Å². The van der Waals surface area contributed by atoms with Gasteiger partial charge in [-0.2, -0.15) is 8.78 Å². The van der Waals surface area contributed by atoms with E-state index in [0.717, 1.165) is 31.2 Å². The fraction of sp³-hybridized carbons (Fsp3) is 0.348. The molecule has 0 spiro atoms. The van der Waals surface area contributed by atoms with Crippen LogP contribution in [-0.2, 0) is 6.54 Å². The molecular formula is C23H23F3N2O2. The molecule has 4 nitrogen and oxygen atoms in total. The standard InChI is InChI=1S/C23H23F3N2O2/c24-19-7-4-8-20-21(19)18(22(29)27-16-5-2-1-3-6-16)14-28(20)13-15-9-11-17(12-10-15)30-23(25)26/h4,7-12,14,16,23H,1-3,5-6,13H2,(H,27,29). The number of ether oxygens (including phenoxy) is 1. The summed E-state index contributed by atoms with van der Waals surface area (Å²) in [4.78, 5) is 12.9. The zero-order valence-electron chi connectivity index (χ0n) is 16.4. The topological polar surface area (TPSA) is 43.3 Å². The third-order valence-electron chi connectivity index (χ3n) is 5.54. The molecule has 2 aromatic carbocycles. The molecule has 0 atom stereocenters. The van der Waals surface area contributed by atoms with Gasteiger partial charge in [0.05, 0.1) is 11.1 Å². The van der Waals surface area contributed by atoms with Crippen molar-refractivity contribution in [3.05, 3.63) is 65.6 Å². The molecule has 1 aromatic heterocycles. The van der Waals surface area contributed by atoms with Crippen molar-refractivity contribution < 1.29 is 22.7 Å². The van der Waals surface area contributed by atoms with Crippen LogP contribution in [0.4, 0.5) is 13.2 Å². The lowest BCUT2D eigenvalue weighted by molar-refractivity contribution is -0.0498.